The lowest BCUT2D eigenvalue weighted by Crippen LogP contribution is -2.16. The summed E-state index contributed by atoms with van der Waals surface area (Å²) in [5.74, 6) is 0.941. The molecule has 0 aliphatic carbocycles. The molecule has 0 saturated heterocycles. The van der Waals surface area contributed by atoms with Crippen molar-refractivity contribution in [3.8, 4) is 0 Å². The van der Waals surface area contributed by atoms with Crippen LogP contribution in [0.15, 0.2) is 48.7 Å². The molecule has 0 aliphatic rings. The molecule has 106 valence electrons. The molecule has 3 nitrogen and oxygen atoms in total. The molecular formula is C16H20ClN3. The Kier molecular flexibility index (Phi) is 6.35. The van der Waals surface area contributed by atoms with Crippen LogP contribution in [0.1, 0.15) is 18.4 Å². The van der Waals surface area contributed by atoms with Crippen molar-refractivity contribution in [1.29, 1.82) is 0 Å². The average molecular weight is 290 g/mol. The van der Waals surface area contributed by atoms with Crippen molar-refractivity contribution < 1.29 is 0 Å². The van der Waals surface area contributed by atoms with Crippen LogP contribution in [0.25, 0.3) is 0 Å². The van der Waals surface area contributed by atoms with Gasteiger partial charge in [0.2, 0.25) is 0 Å². The first-order valence-corrected chi connectivity index (χ1v) is 7.33. The Balaban J connectivity index is 1.53. The fourth-order valence-electron chi connectivity index (χ4n) is 1.92. The maximum Gasteiger partial charge on any atom is 0.125 e. The van der Waals surface area contributed by atoms with E-state index >= 15 is 0 Å². The van der Waals surface area contributed by atoms with Gasteiger partial charge in [0, 0.05) is 24.3 Å². The summed E-state index contributed by atoms with van der Waals surface area (Å²) in [4.78, 5) is 4.22. The zero-order chi connectivity index (χ0) is 14.0. The van der Waals surface area contributed by atoms with Crippen LogP contribution in [0.5, 0.6) is 0 Å². The standard InChI is InChI=1S/C16H20ClN3/c17-15-8-2-1-7-14(15)13-18-10-5-6-12-20-16-9-3-4-11-19-16/h1-4,7-9,11,18H,5-6,10,12-13H2,(H,19,20). The Hall–Kier alpha value is -1.58. The minimum atomic E-state index is 0.827. The Bertz CT molecular complexity index is 502. The lowest BCUT2D eigenvalue weighted by molar-refractivity contribution is 0.633. The van der Waals surface area contributed by atoms with E-state index in [9.17, 15) is 0 Å². The summed E-state index contributed by atoms with van der Waals surface area (Å²) in [6.07, 6.45) is 4.05. The minimum Gasteiger partial charge on any atom is -0.370 e. The summed E-state index contributed by atoms with van der Waals surface area (Å²) >= 11 is 6.10. The highest BCUT2D eigenvalue weighted by molar-refractivity contribution is 6.31. The Morgan fingerprint density at radius 1 is 0.950 bits per heavy atom. The first-order valence-electron chi connectivity index (χ1n) is 6.95. The van der Waals surface area contributed by atoms with Crippen molar-refractivity contribution in [2.24, 2.45) is 0 Å². The second-order valence-electron chi connectivity index (χ2n) is 4.62. The molecule has 0 spiro atoms. The Labute approximate surface area is 125 Å². The highest BCUT2D eigenvalue weighted by atomic mass is 35.5. The summed E-state index contributed by atoms with van der Waals surface area (Å²) in [7, 11) is 0. The van der Waals surface area contributed by atoms with Gasteiger partial charge in [-0.05, 0) is 43.1 Å². The van der Waals surface area contributed by atoms with E-state index < -0.39 is 0 Å². The molecule has 20 heavy (non-hydrogen) atoms. The van der Waals surface area contributed by atoms with E-state index in [-0.39, 0.29) is 0 Å². The molecule has 0 saturated carbocycles. The number of rotatable bonds is 8. The molecule has 0 fully saturated rings. The number of nitrogens with one attached hydrogen (secondary N) is 2. The largest absolute Gasteiger partial charge is 0.370 e. The first kappa shape index (κ1) is 14.8. The van der Waals surface area contributed by atoms with Crippen molar-refractivity contribution in [2.45, 2.75) is 19.4 Å². The minimum absolute atomic E-state index is 0.827. The molecule has 0 atom stereocenters. The van der Waals surface area contributed by atoms with Crippen LogP contribution in [0.3, 0.4) is 0 Å². The quantitative estimate of drug-likeness (QED) is 0.727. The molecule has 0 bridgehead atoms. The van der Waals surface area contributed by atoms with Crippen molar-refractivity contribution in [2.75, 3.05) is 18.4 Å². The fraction of sp³-hybridized carbons (Fsp3) is 0.312. The number of halogens is 1. The highest BCUT2D eigenvalue weighted by Gasteiger charge is 1.97. The third kappa shape index (κ3) is 5.19. The van der Waals surface area contributed by atoms with E-state index in [0.717, 1.165) is 48.9 Å². The van der Waals surface area contributed by atoms with Crippen LogP contribution < -0.4 is 10.6 Å². The lowest BCUT2D eigenvalue weighted by Gasteiger charge is -2.07. The predicted octanol–water partition coefficient (Wildman–Crippen LogP) is 3.72. The van der Waals surface area contributed by atoms with Crippen LogP contribution in [-0.2, 0) is 6.54 Å². The molecule has 2 rings (SSSR count). The van der Waals surface area contributed by atoms with Crippen molar-refractivity contribution >= 4 is 17.4 Å². The number of aromatic nitrogens is 1. The molecule has 1 aromatic heterocycles. The van der Waals surface area contributed by atoms with Gasteiger partial charge in [0.25, 0.3) is 0 Å². The highest BCUT2D eigenvalue weighted by Crippen LogP contribution is 2.14. The second kappa shape index (κ2) is 8.56. The summed E-state index contributed by atoms with van der Waals surface area (Å²) < 4.78 is 0. The second-order valence-corrected chi connectivity index (χ2v) is 5.02. The molecule has 0 unspecified atom stereocenters. The van der Waals surface area contributed by atoms with Crippen LogP contribution in [0.2, 0.25) is 5.02 Å². The SMILES string of the molecule is Clc1ccccc1CNCCCCNc1ccccn1. The van der Waals surface area contributed by atoms with Gasteiger partial charge in [0.05, 0.1) is 0 Å². The first-order chi connectivity index (χ1) is 9.86. The van der Waals surface area contributed by atoms with E-state index in [1.54, 1.807) is 6.20 Å². The van der Waals surface area contributed by atoms with Crippen molar-refractivity contribution in [3.05, 3.63) is 59.2 Å². The molecule has 0 aliphatic heterocycles. The van der Waals surface area contributed by atoms with Gasteiger partial charge in [-0.15, -0.1) is 0 Å². The maximum absolute atomic E-state index is 6.10. The van der Waals surface area contributed by atoms with E-state index in [4.69, 9.17) is 11.6 Å². The summed E-state index contributed by atoms with van der Waals surface area (Å²) in [5.41, 5.74) is 1.15. The van der Waals surface area contributed by atoms with Crippen LogP contribution in [0.4, 0.5) is 5.82 Å². The third-order valence-electron chi connectivity index (χ3n) is 3.02. The van der Waals surface area contributed by atoms with Gasteiger partial charge >= 0.3 is 0 Å². The van der Waals surface area contributed by atoms with E-state index in [1.165, 1.54) is 0 Å². The maximum atomic E-state index is 6.10. The van der Waals surface area contributed by atoms with Crippen LogP contribution in [-0.4, -0.2) is 18.1 Å². The topological polar surface area (TPSA) is 37.0 Å². The Morgan fingerprint density at radius 3 is 2.55 bits per heavy atom. The van der Waals surface area contributed by atoms with Crippen LogP contribution in [0, 0.1) is 0 Å². The number of pyridine rings is 1. The van der Waals surface area contributed by atoms with Gasteiger partial charge in [-0.2, -0.15) is 0 Å². The summed E-state index contributed by atoms with van der Waals surface area (Å²) in [6, 6.07) is 13.8. The van der Waals surface area contributed by atoms with Crippen LogP contribution >= 0.6 is 11.6 Å². The monoisotopic (exact) mass is 289 g/mol. The number of nitrogens with zero attached hydrogens (tertiary/aromatic N) is 1. The summed E-state index contributed by atoms with van der Waals surface area (Å²) in [6.45, 7) is 2.77. The smallest absolute Gasteiger partial charge is 0.125 e. The van der Waals surface area contributed by atoms with E-state index in [0.29, 0.717) is 0 Å². The fourth-order valence-corrected chi connectivity index (χ4v) is 2.13. The molecular weight excluding hydrogens is 270 g/mol. The number of benzene rings is 1. The molecule has 1 aromatic carbocycles. The van der Waals surface area contributed by atoms with Crippen molar-refractivity contribution in [3.63, 3.8) is 0 Å². The van der Waals surface area contributed by atoms with Gasteiger partial charge in [0.1, 0.15) is 5.82 Å². The van der Waals surface area contributed by atoms with Gasteiger partial charge in [0.15, 0.2) is 0 Å². The number of anilines is 1. The van der Waals surface area contributed by atoms with Gasteiger partial charge < -0.3 is 10.6 Å². The van der Waals surface area contributed by atoms with Gasteiger partial charge in [-0.3, -0.25) is 0 Å². The Morgan fingerprint density at radius 2 is 1.75 bits per heavy atom. The van der Waals surface area contributed by atoms with E-state index in [2.05, 4.69) is 21.7 Å². The zero-order valence-electron chi connectivity index (χ0n) is 11.5. The average Bonchev–Trinajstić information content (AvgIpc) is 2.49. The van der Waals surface area contributed by atoms with E-state index in [1.807, 2.05) is 36.4 Å². The van der Waals surface area contributed by atoms with Crippen molar-refractivity contribution in [1.82, 2.24) is 10.3 Å². The van der Waals surface area contributed by atoms with Gasteiger partial charge in [-0.25, -0.2) is 4.98 Å². The molecule has 2 N–H and O–H groups in total. The molecule has 2 aromatic rings. The molecule has 4 heteroatoms. The normalized spacial score (nSPS) is 10.4. The molecule has 0 radical (unpaired) electrons. The number of hydrogen-bond acceptors (Lipinski definition) is 3. The number of hydrogen-bond donors (Lipinski definition) is 2. The van der Waals surface area contributed by atoms with Gasteiger partial charge in [-0.1, -0.05) is 35.9 Å². The zero-order valence-corrected chi connectivity index (χ0v) is 12.2. The number of unbranched alkanes of at least 4 members (excludes halogenated alkanes) is 1. The lowest BCUT2D eigenvalue weighted by atomic mass is 10.2. The molecule has 1 heterocycles. The third-order valence-corrected chi connectivity index (χ3v) is 3.39. The summed E-state index contributed by atoms with van der Waals surface area (Å²) in [5, 5.41) is 7.55. The molecule has 0 amide bonds. The predicted molar refractivity (Wildman–Crippen MR) is 85.1 cm³/mol.